The molecular weight excluding hydrogens is 192 g/mol. The van der Waals surface area contributed by atoms with E-state index in [9.17, 15) is 0 Å². The predicted molar refractivity (Wildman–Crippen MR) is 71.4 cm³/mol. The van der Waals surface area contributed by atoms with Crippen LogP contribution in [0.1, 0.15) is 50.7 Å². The molecule has 86 valence electrons. The van der Waals surface area contributed by atoms with Gasteiger partial charge in [-0.05, 0) is 24.0 Å². The first kappa shape index (κ1) is 12.8. The molecule has 16 heavy (non-hydrogen) atoms. The van der Waals surface area contributed by atoms with E-state index in [1.807, 2.05) is 12.1 Å². The van der Waals surface area contributed by atoms with Gasteiger partial charge in [-0.1, -0.05) is 63.7 Å². The molecule has 0 spiro atoms. The summed E-state index contributed by atoms with van der Waals surface area (Å²) in [5.41, 5.74) is 2.41. The lowest BCUT2D eigenvalue weighted by molar-refractivity contribution is 0.449. The Morgan fingerprint density at radius 1 is 1.25 bits per heavy atom. The molecule has 1 aromatic carbocycles. The fourth-order valence-electron chi connectivity index (χ4n) is 2.09. The Labute approximate surface area is 100 Å². The van der Waals surface area contributed by atoms with Crippen LogP contribution in [0, 0.1) is 18.3 Å². The summed E-state index contributed by atoms with van der Waals surface area (Å²) in [6.07, 6.45) is 11.8. The minimum atomic E-state index is 0.787. The Balaban J connectivity index is 2.66. The van der Waals surface area contributed by atoms with Crippen LogP contribution in [0.2, 0.25) is 0 Å². The lowest BCUT2D eigenvalue weighted by atomic mass is 9.90. The standard InChI is InChI=1S/C16H22/c1-4-7-10-14(5-2)13-16-12-9-8-11-15(16)6-3/h3,8-9,11-12,14H,4-5,7,10,13H2,1-2H3. The summed E-state index contributed by atoms with van der Waals surface area (Å²) in [7, 11) is 0. The van der Waals surface area contributed by atoms with Gasteiger partial charge in [-0.25, -0.2) is 0 Å². The van der Waals surface area contributed by atoms with E-state index >= 15 is 0 Å². The topological polar surface area (TPSA) is 0 Å². The molecule has 0 aliphatic rings. The highest BCUT2D eigenvalue weighted by Crippen LogP contribution is 2.20. The molecule has 0 saturated heterocycles. The normalized spacial score (nSPS) is 12.1. The first-order valence-corrected chi connectivity index (χ1v) is 6.36. The van der Waals surface area contributed by atoms with Crippen LogP contribution < -0.4 is 0 Å². The lowest BCUT2D eigenvalue weighted by Crippen LogP contribution is -2.04. The molecule has 1 unspecified atom stereocenters. The number of terminal acetylenes is 1. The van der Waals surface area contributed by atoms with Gasteiger partial charge in [0, 0.05) is 5.56 Å². The van der Waals surface area contributed by atoms with Crippen molar-refractivity contribution in [1.82, 2.24) is 0 Å². The van der Waals surface area contributed by atoms with Gasteiger partial charge in [-0.15, -0.1) is 6.42 Å². The molecule has 0 heteroatoms. The van der Waals surface area contributed by atoms with Crippen LogP contribution in [-0.2, 0) is 6.42 Å². The van der Waals surface area contributed by atoms with Gasteiger partial charge in [0.25, 0.3) is 0 Å². The van der Waals surface area contributed by atoms with Crippen LogP contribution in [0.3, 0.4) is 0 Å². The average Bonchev–Trinajstić information content (AvgIpc) is 2.34. The first-order chi connectivity index (χ1) is 7.81. The number of hydrogen-bond acceptors (Lipinski definition) is 0. The number of unbranched alkanes of at least 4 members (excludes halogenated alkanes) is 1. The monoisotopic (exact) mass is 214 g/mol. The van der Waals surface area contributed by atoms with Crippen molar-refractivity contribution in [3.05, 3.63) is 35.4 Å². The lowest BCUT2D eigenvalue weighted by Gasteiger charge is -2.15. The van der Waals surface area contributed by atoms with Gasteiger partial charge in [-0.2, -0.15) is 0 Å². The molecule has 0 aromatic heterocycles. The highest BCUT2D eigenvalue weighted by Gasteiger charge is 2.08. The maximum absolute atomic E-state index is 5.52. The summed E-state index contributed by atoms with van der Waals surface area (Å²) in [6, 6.07) is 8.32. The van der Waals surface area contributed by atoms with E-state index in [1.54, 1.807) is 0 Å². The third-order valence-corrected chi connectivity index (χ3v) is 3.22. The molecule has 0 nitrogen and oxygen atoms in total. The van der Waals surface area contributed by atoms with Gasteiger partial charge in [0.15, 0.2) is 0 Å². The fraction of sp³-hybridized carbons (Fsp3) is 0.500. The SMILES string of the molecule is C#Cc1ccccc1CC(CC)CCCC. The predicted octanol–water partition coefficient (Wildman–Crippen LogP) is 4.43. The van der Waals surface area contributed by atoms with Crippen LogP contribution >= 0.6 is 0 Å². The van der Waals surface area contributed by atoms with Crippen molar-refractivity contribution in [2.75, 3.05) is 0 Å². The summed E-state index contributed by atoms with van der Waals surface area (Å²) in [4.78, 5) is 0. The zero-order chi connectivity index (χ0) is 11.8. The van der Waals surface area contributed by atoms with E-state index in [0.29, 0.717) is 0 Å². The van der Waals surface area contributed by atoms with Crippen molar-refractivity contribution in [2.24, 2.45) is 5.92 Å². The molecule has 1 rings (SSSR count). The van der Waals surface area contributed by atoms with E-state index in [-0.39, 0.29) is 0 Å². The van der Waals surface area contributed by atoms with E-state index in [2.05, 4.69) is 31.9 Å². The summed E-state index contributed by atoms with van der Waals surface area (Å²) in [5.74, 6) is 3.57. The highest BCUT2D eigenvalue weighted by molar-refractivity contribution is 5.39. The maximum Gasteiger partial charge on any atom is 0.0274 e. The van der Waals surface area contributed by atoms with E-state index in [0.717, 1.165) is 17.9 Å². The fourth-order valence-corrected chi connectivity index (χ4v) is 2.09. The second-order valence-corrected chi connectivity index (χ2v) is 4.42. The minimum Gasteiger partial charge on any atom is -0.115 e. The Hall–Kier alpha value is -1.22. The molecule has 0 aliphatic carbocycles. The molecule has 0 saturated carbocycles. The molecule has 0 bridgehead atoms. The number of benzene rings is 1. The first-order valence-electron chi connectivity index (χ1n) is 6.36. The molecule has 0 N–H and O–H groups in total. The van der Waals surface area contributed by atoms with Crippen LogP contribution in [0.4, 0.5) is 0 Å². The van der Waals surface area contributed by atoms with Crippen molar-refractivity contribution in [3.8, 4) is 12.3 Å². The average molecular weight is 214 g/mol. The number of rotatable bonds is 6. The van der Waals surface area contributed by atoms with Gasteiger partial charge in [0.05, 0.1) is 0 Å². The smallest absolute Gasteiger partial charge is 0.0274 e. The Bertz CT molecular complexity index is 343. The largest absolute Gasteiger partial charge is 0.115 e. The third-order valence-electron chi connectivity index (χ3n) is 3.22. The second kappa shape index (κ2) is 7.12. The van der Waals surface area contributed by atoms with Gasteiger partial charge >= 0.3 is 0 Å². The molecule has 0 fully saturated rings. The van der Waals surface area contributed by atoms with E-state index < -0.39 is 0 Å². The van der Waals surface area contributed by atoms with Crippen LogP contribution in [-0.4, -0.2) is 0 Å². The zero-order valence-electron chi connectivity index (χ0n) is 10.5. The van der Waals surface area contributed by atoms with Gasteiger partial charge in [0.2, 0.25) is 0 Å². The molecule has 0 amide bonds. The van der Waals surface area contributed by atoms with Crippen LogP contribution in [0.25, 0.3) is 0 Å². The van der Waals surface area contributed by atoms with Gasteiger partial charge in [0.1, 0.15) is 0 Å². The van der Waals surface area contributed by atoms with Crippen molar-refractivity contribution in [1.29, 1.82) is 0 Å². The quantitative estimate of drug-likeness (QED) is 0.615. The van der Waals surface area contributed by atoms with Crippen molar-refractivity contribution in [2.45, 2.75) is 46.0 Å². The van der Waals surface area contributed by atoms with E-state index in [4.69, 9.17) is 6.42 Å². The Kier molecular flexibility index (Phi) is 5.72. The zero-order valence-corrected chi connectivity index (χ0v) is 10.5. The molecule has 1 aromatic rings. The van der Waals surface area contributed by atoms with Crippen molar-refractivity contribution in [3.63, 3.8) is 0 Å². The molecule has 0 aliphatic heterocycles. The summed E-state index contributed by atoms with van der Waals surface area (Å²) < 4.78 is 0. The molecule has 0 radical (unpaired) electrons. The molecule has 1 atom stereocenters. The Morgan fingerprint density at radius 2 is 2.00 bits per heavy atom. The Morgan fingerprint density at radius 3 is 2.62 bits per heavy atom. The third kappa shape index (κ3) is 3.74. The summed E-state index contributed by atoms with van der Waals surface area (Å²) in [5, 5.41) is 0. The van der Waals surface area contributed by atoms with Crippen molar-refractivity contribution >= 4 is 0 Å². The summed E-state index contributed by atoms with van der Waals surface area (Å²) in [6.45, 7) is 4.53. The van der Waals surface area contributed by atoms with Crippen LogP contribution in [0.5, 0.6) is 0 Å². The maximum atomic E-state index is 5.52. The second-order valence-electron chi connectivity index (χ2n) is 4.42. The van der Waals surface area contributed by atoms with Gasteiger partial charge in [-0.3, -0.25) is 0 Å². The van der Waals surface area contributed by atoms with E-state index in [1.165, 1.54) is 31.2 Å². The molecular formula is C16H22. The minimum absolute atomic E-state index is 0.787. The van der Waals surface area contributed by atoms with Crippen molar-refractivity contribution < 1.29 is 0 Å². The highest BCUT2D eigenvalue weighted by atomic mass is 14.1. The number of hydrogen-bond donors (Lipinski definition) is 0. The summed E-state index contributed by atoms with van der Waals surface area (Å²) >= 11 is 0. The van der Waals surface area contributed by atoms with Crippen LogP contribution in [0.15, 0.2) is 24.3 Å². The molecule has 0 heterocycles. The van der Waals surface area contributed by atoms with Gasteiger partial charge < -0.3 is 0 Å².